The Hall–Kier alpha value is -4.84. The highest BCUT2D eigenvalue weighted by Crippen LogP contribution is 2.53. The predicted octanol–water partition coefficient (Wildman–Crippen LogP) is 13.4. The molecule has 0 aromatic carbocycles. The predicted molar refractivity (Wildman–Crippen MR) is 330 cm³/mol. The molecule has 2 saturated carbocycles. The fourth-order valence-electron chi connectivity index (χ4n) is 11.9. The average Bonchev–Trinajstić information content (AvgIpc) is 3.88. The smallest absolute Gasteiger partial charge is 0.342 e. The average molecular weight is 1180 g/mol. The van der Waals surface area contributed by atoms with Gasteiger partial charge in [-0.2, -0.15) is 0 Å². The molecule has 1 aliphatic heterocycles. The number of amidine groups is 1. The number of anilines is 1. The fourth-order valence-corrected chi connectivity index (χ4v) is 13.8. The Bertz CT molecular complexity index is 2580. The molecule has 2 heterocycles. The van der Waals surface area contributed by atoms with Gasteiger partial charge in [0, 0.05) is 46.6 Å². The van der Waals surface area contributed by atoms with Crippen LogP contribution in [-0.4, -0.2) is 104 Å². The van der Waals surface area contributed by atoms with Crippen LogP contribution in [0.25, 0.3) is 6.08 Å². The molecular formula is C64H100N4O12S2. The number of carbonyl (C=O) groups excluding carboxylic acids is 5. The van der Waals surface area contributed by atoms with Gasteiger partial charge in [-0.15, -0.1) is 23.5 Å². The van der Waals surface area contributed by atoms with E-state index in [1.807, 2.05) is 27.7 Å². The molecule has 2 aliphatic carbocycles. The number of carbonyl (C=O) groups is 7. The first-order valence-electron chi connectivity index (χ1n) is 29.3. The number of hydrogen-bond donors (Lipinski definition) is 5. The summed E-state index contributed by atoms with van der Waals surface area (Å²) in [5.74, 6) is -4.76. The van der Waals surface area contributed by atoms with Crippen molar-refractivity contribution in [2.75, 3.05) is 23.4 Å². The highest BCUT2D eigenvalue weighted by atomic mass is 32.2. The molecule has 4 rings (SSSR count). The molecule has 0 bridgehead atoms. The maximum Gasteiger partial charge on any atom is 0.342 e. The number of allylic oxidation sites excluding steroid dienone is 1. The number of aromatic amines is 1. The highest BCUT2D eigenvalue weighted by Gasteiger charge is 2.51. The van der Waals surface area contributed by atoms with Gasteiger partial charge in [-0.25, -0.2) is 19.4 Å². The summed E-state index contributed by atoms with van der Waals surface area (Å²) in [7, 11) is 0. The first-order valence-corrected chi connectivity index (χ1v) is 31.4. The number of carboxylic acid groups (broad SMARTS) is 2. The van der Waals surface area contributed by atoms with Gasteiger partial charge in [0.15, 0.2) is 0 Å². The number of aromatic nitrogens is 1. The molecule has 2 fully saturated rings. The fraction of sp³-hybridized carbons (Fsp3) is 0.719. The molecule has 5 N–H and O–H groups in total. The summed E-state index contributed by atoms with van der Waals surface area (Å²) in [6, 6.07) is 0. The van der Waals surface area contributed by atoms with Gasteiger partial charge >= 0.3 is 29.8 Å². The summed E-state index contributed by atoms with van der Waals surface area (Å²) in [5.41, 5.74) is -0.0473. The molecule has 3 aliphatic rings. The van der Waals surface area contributed by atoms with Crippen LogP contribution in [0.15, 0.2) is 34.5 Å². The molecular weight excluding hydrogens is 1080 g/mol. The number of nitrogens with zero attached hydrogens (tertiary/aromatic N) is 1. The van der Waals surface area contributed by atoms with Gasteiger partial charge in [0.25, 0.3) is 0 Å². The number of amides is 2. The summed E-state index contributed by atoms with van der Waals surface area (Å²) in [6.07, 6.45) is 4.19. The van der Waals surface area contributed by atoms with Crippen LogP contribution in [0, 0.1) is 68.5 Å². The number of hydrogen-bond acceptors (Lipinski definition) is 13. The van der Waals surface area contributed by atoms with Gasteiger partial charge in [-0.05, 0) is 101 Å². The lowest BCUT2D eigenvalue weighted by atomic mass is 9.59. The van der Waals surface area contributed by atoms with Gasteiger partial charge in [0.05, 0.1) is 17.4 Å². The molecule has 1 aromatic rings. The van der Waals surface area contributed by atoms with Crippen molar-refractivity contribution in [2.45, 2.75) is 206 Å². The van der Waals surface area contributed by atoms with E-state index < -0.39 is 81.1 Å². The number of aliphatic carboxylic acids is 2. The molecule has 6 unspecified atom stereocenters. The Morgan fingerprint density at radius 3 is 1.66 bits per heavy atom. The van der Waals surface area contributed by atoms with Crippen LogP contribution in [-0.2, 0) is 43.0 Å². The first-order chi connectivity index (χ1) is 37.5. The zero-order chi connectivity index (χ0) is 62.5. The van der Waals surface area contributed by atoms with Gasteiger partial charge in [0.2, 0.25) is 11.8 Å². The lowest BCUT2D eigenvalue weighted by Crippen LogP contribution is -2.51. The zero-order valence-electron chi connectivity index (χ0n) is 53.2. The highest BCUT2D eigenvalue weighted by molar-refractivity contribution is 8.00. The number of ether oxygens (including phenoxy) is 3. The van der Waals surface area contributed by atoms with Crippen molar-refractivity contribution in [3.05, 3.63) is 46.3 Å². The second-order valence-electron chi connectivity index (χ2n) is 29.2. The van der Waals surface area contributed by atoms with E-state index in [1.54, 1.807) is 33.8 Å². The summed E-state index contributed by atoms with van der Waals surface area (Å²) < 4.78 is 18.9. The SMILES string of the molecule is C=CC(=O)OCCSC(C)C(=O)Nc1[nH]c(C=C2N=C(NC(=O)C(C)(C)C)C(C(=O)OC3C(C(C)(C)C)CC(CSC(CC(=O)O)C(=O)O)CC3C(C)(C)C)=C2C(C)C)c(C(C)C)c1C(=O)OC1C(C(C)(C)C)CC(C)CC1C(C)(C)C. The Morgan fingerprint density at radius 1 is 0.720 bits per heavy atom. The van der Waals surface area contributed by atoms with E-state index in [9.17, 15) is 34.2 Å². The largest absolute Gasteiger partial charge is 0.481 e. The Kier molecular flexibility index (Phi) is 23.3. The Labute approximate surface area is 498 Å². The van der Waals surface area contributed by atoms with Gasteiger partial charge < -0.3 is 40.0 Å². The van der Waals surface area contributed by atoms with Crippen molar-refractivity contribution < 1.29 is 58.0 Å². The number of aliphatic imine (C=N–C) groups is 1. The zero-order valence-corrected chi connectivity index (χ0v) is 54.8. The minimum absolute atomic E-state index is 0.00592. The van der Waals surface area contributed by atoms with Crippen molar-refractivity contribution in [3.8, 4) is 0 Å². The minimum atomic E-state index is -1.18. The standard InChI is InChI=1S/C64H100N4O12S2/c1-23-46(71)78-24-25-81-36(7)55(72)67-53-49(57(75)79-51-38(60(8,9)10)26-35(6)27-39(51)61(11,12)13)47(33(2)3)42(65-53)30-43-48(34(4)5)50(54(66-43)68-59(77)64(20,21)22)58(76)80-52-40(62(14,15)16)28-37(29-41(52)63(17,18)19)32-82-44(56(73)74)31-45(69)70/h23,30,33-41,44,51-52,65H,1,24-29,31-32H2,2-22H3,(H,67,72)(H,69,70)(H,73,74)(H,66,68,77). The molecule has 0 radical (unpaired) electrons. The molecule has 0 spiro atoms. The number of thioether (sulfide) groups is 2. The third kappa shape index (κ3) is 18.1. The Morgan fingerprint density at radius 2 is 1.22 bits per heavy atom. The summed E-state index contributed by atoms with van der Waals surface area (Å²) in [6.45, 7) is 46.3. The number of esters is 3. The van der Waals surface area contributed by atoms with Crippen LogP contribution >= 0.6 is 23.5 Å². The van der Waals surface area contributed by atoms with E-state index >= 15 is 9.59 Å². The van der Waals surface area contributed by atoms with Crippen LogP contribution in [0.2, 0.25) is 0 Å². The topological polar surface area (TPSA) is 240 Å². The van der Waals surface area contributed by atoms with Crippen LogP contribution in [0.5, 0.6) is 0 Å². The number of rotatable bonds is 20. The molecule has 1 aromatic heterocycles. The van der Waals surface area contributed by atoms with Crippen molar-refractivity contribution in [1.29, 1.82) is 0 Å². The normalized spacial score (nSPS) is 24.2. The quantitative estimate of drug-likeness (QED) is 0.0353. The van der Waals surface area contributed by atoms with Crippen LogP contribution in [0.1, 0.15) is 205 Å². The summed E-state index contributed by atoms with van der Waals surface area (Å²) in [5, 5.41) is 23.7. The number of nitrogens with one attached hydrogen (secondary N) is 3. The molecule has 18 heteroatoms. The van der Waals surface area contributed by atoms with Gasteiger partial charge in [-0.1, -0.05) is 145 Å². The van der Waals surface area contributed by atoms with Crippen molar-refractivity contribution in [3.63, 3.8) is 0 Å². The molecule has 16 nitrogen and oxygen atoms in total. The molecule has 0 saturated heterocycles. The second kappa shape index (κ2) is 27.5. The maximum absolute atomic E-state index is 15.5. The van der Waals surface area contributed by atoms with Crippen molar-refractivity contribution in [2.24, 2.45) is 73.5 Å². The lowest BCUT2D eigenvalue weighted by Gasteiger charge is -2.50. The van der Waals surface area contributed by atoms with Gasteiger partial charge in [0.1, 0.15) is 46.9 Å². The van der Waals surface area contributed by atoms with Gasteiger partial charge in [-0.3, -0.25) is 19.2 Å². The third-order valence-corrected chi connectivity index (χ3v) is 19.0. The molecule has 82 heavy (non-hydrogen) atoms. The van der Waals surface area contributed by atoms with E-state index in [0.29, 0.717) is 52.8 Å². The first kappa shape index (κ1) is 69.7. The maximum atomic E-state index is 15.5. The van der Waals surface area contributed by atoms with E-state index in [-0.39, 0.29) is 87.6 Å². The van der Waals surface area contributed by atoms with E-state index in [0.717, 1.165) is 30.7 Å². The van der Waals surface area contributed by atoms with Crippen molar-refractivity contribution in [1.82, 2.24) is 10.3 Å². The van der Waals surface area contributed by atoms with Crippen LogP contribution < -0.4 is 10.6 Å². The van der Waals surface area contributed by atoms with Crippen molar-refractivity contribution >= 4 is 82.9 Å². The third-order valence-electron chi connectivity index (χ3n) is 16.5. The van der Waals surface area contributed by atoms with E-state index in [2.05, 4.69) is 112 Å². The summed E-state index contributed by atoms with van der Waals surface area (Å²) in [4.78, 5) is 103. The van der Waals surface area contributed by atoms with E-state index in [1.165, 1.54) is 11.8 Å². The summed E-state index contributed by atoms with van der Waals surface area (Å²) >= 11 is 2.41. The number of carboxylic acids is 2. The van der Waals surface area contributed by atoms with Crippen LogP contribution in [0.4, 0.5) is 5.82 Å². The monoisotopic (exact) mass is 1180 g/mol. The van der Waals surface area contributed by atoms with E-state index in [4.69, 9.17) is 19.2 Å². The molecule has 6 atom stereocenters. The molecule has 2 amide bonds. The minimum Gasteiger partial charge on any atom is -0.481 e. The molecule has 460 valence electrons. The Balaban J connectivity index is 1.98. The lowest BCUT2D eigenvalue weighted by molar-refractivity contribution is -0.164. The number of H-pyrrole nitrogens is 1. The van der Waals surface area contributed by atoms with Crippen LogP contribution in [0.3, 0.4) is 0 Å². The second-order valence-corrected chi connectivity index (χ2v) is 31.9.